The summed E-state index contributed by atoms with van der Waals surface area (Å²) >= 11 is 0. The first kappa shape index (κ1) is 25.9. The molecule has 0 atom stereocenters. The van der Waals surface area contributed by atoms with E-state index in [4.69, 9.17) is 0 Å². The van der Waals surface area contributed by atoms with Crippen LogP contribution >= 0.6 is 0 Å². The molecule has 4 N–H and O–H groups in total. The number of hydrogen-bond acceptors (Lipinski definition) is 6. The molecule has 2 aliphatic heterocycles. The Bertz CT molecular complexity index is 1470. The summed E-state index contributed by atoms with van der Waals surface area (Å²) in [6.45, 7) is 1.42. The average Bonchev–Trinajstić information content (AvgIpc) is 3.30. The number of aromatic amines is 1. The zero-order valence-electron chi connectivity index (χ0n) is 20.3. The van der Waals surface area contributed by atoms with Gasteiger partial charge in [-0.3, -0.25) is 14.7 Å². The molecule has 5 rings (SSSR count). The van der Waals surface area contributed by atoms with Gasteiger partial charge >= 0.3 is 0 Å². The van der Waals surface area contributed by atoms with Crippen molar-refractivity contribution in [3.8, 4) is 0 Å². The number of H-pyrrole nitrogens is 1. The summed E-state index contributed by atoms with van der Waals surface area (Å²) in [5, 5.41) is 15.7. The number of anilines is 2. The maximum absolute atomic E-state index is 13.7. The van der Waals surface area contributed by atoms with Gasteiger partial charge in [0.15, 0.2) is 5.82 Å². The summed E-state index contributed by atoms with van der Waals surface area (Å²) in [5.41, 5.74) is 1.67. The van der Waals surface area contributed by atoms with Gasteiger partial charge in [0.25, 0.3) is 5.91 Å². The number of para-hydroxylation sites is 1. The first-order valence-electron chi connectivity index (χ1n) is 12.2. The van der Waals surface area contributed by atoms with E-state index in [1.165, 1.54) is 0 Å². The van der Waals surface area contributed by atoms with Crippen LogP contribution < -0.4 is 16.0 Å². The summed E-state index contributed by atoms with van der Waals surface area (Å²) in [4.78, 5) is 25.5. The second-order valence-corrected chi connectivity index (χ2v) is 11.2. The van der Waals surface area contributed by atoms with E-state index in [-0.39, 0.29) is 42.7 Å². The molecule has 3 aromatic rings. The fourth-order valence-electron chi connectivity index (χ4n) is 4.69. The fourth-order valence-corrected chi connectivity index (χ4v) is 6.14. The molecule has 1 saturated heterocycles. The molecule has 1 fully saturated rings. The van der Waals surface area contributed by atoms with Gasteiger partial charge in [0.2, 0.25) is 15.9 Å². The van der Waals surface area contributed by atoms with Gasteiger partial charge in [-0.2, -0.15) is 9.40 Å². The lowest BCUT2D eigenvalue weighted by molar-refractivity contribution is -0.120. The Kier molecular flexibility index (Phi) is 7.23. The van der Waals surface area contributed by atoms with Gasteiger partial charge in [0, 0.05) is 42.8 Å². The Morgan fingerprint density at radius 1 is 1.03 bits per heavy atom. The first-order chi connectivity index (χ1) is 18.2. The van der Waals surface area contributed by atoms with Crippen molar-refractivity contribution in [2.24, 2.45) is 5.92 Å². The Hall–Kier alpha value is -3.68. The van der Waals surface area contributed by atoms with Crippen molar-refractivity contribution < 1.29 is 26.8 Å². The zero-order chi connectivity index (χ0) is 26.9. The highest BCUT2D eigenvalue weighted by Crippen LogP contribution is 2.29. The van der Waals surface area contributed by atoms with Crippen LogP contribution in [0.15, 0.2) is 47.4 Å². The van der Waals surface area contributed by atoms with Crippen LogP contribution in [0.1, 0.15) is 34.5 Å². The van der Waals surface area contributed by atoms with Crippen molar-refractivity contribution in [2.75, 3.05) is 30.3 Å². The van der Waals surface area contributed by atoms with Gasteiger partial charge in [-0.05, 0) is 50.2 Å². The molecule has 2 aliphatic rings. The molecule has 10 nitrogen and oxygen atoms in total. The molecule has 2 amide bonds. The van der Waals surface area contributed by atoms with E-state index in [9.17, 15) is 26.8 Å². The molecule has 38 heavy (non-hydrogen) atoms. The van der Waals surface area contributed by atoms with Crippen LogP contribution in [0.25, 0.3) is 0 Å². The molecular weight excluding hydrogens is 518 g/mol. The number of piperidine rings is 1. The Labute approximate surface area is 217 Å². The lowest BCUT2D eigenvalue weighted by atomic mass is 9.97. The molecular formula is C25H26F2N6O4S. The van der Waals surface area contributed by atoms with Crippen LogP contribution in [0.3, 0.4) is 0 Å². The molecule has 200 valence electrons. The highest BCUT2D eigenvalue weighted by Gasteiger charge is 2.32. The van der Waals surface area contributed by atoms with Crippen LogP contribution in [-0.2, 0) is 27.8 Å². The van der Waals surface area contributed by atoms with Crippen molar-refractivity contribution in [1.82, 2.24) is 19.8 Å². The van der Waals surface area contributed by atoms with Crippen molar-refractivity contribution in [3.63, 3.8) is 0 Å². The monoisotopic (exact) mass is 544 g/mol. The number of fused-ring (bicyclic) bond motifs is 1. The molecule has 0 saturated carbocycles. The first-order valence-corrected chi connectivity index (χ1v) is 13.6. The van der Waals surface area contributed by atoms with Gasteiger partial charge in [-0.25, -0.2) is 17.2 Å². The average molecular weight is 545 g/mol. The third kappa shape index (κ3) is 5.30. The van der Waals surface area contributed by atoms with E-state index in [1.54, 1.807) is 24.3 Å². The predicted octanol–water partition coefficient (Wildman–Crippen LogP) is 2.63. The standard InChI is InChI=1S/C25H26F2N6O4S/c26-16-11-17(27)13-18(12-16)38(36,37)33-10-7-22-20(14-33)23(32-31-22)30-25(35)19-3-1-2-4-21(19)29-24(34)15-5-8-28-9-6-15/h1-4,11-13,15,28H,5-10,14H2,(H,29,34)(H2,30,31,32,35). The SMILES string of the molecule is O=C(Nc1n[nH]c2c1CN(S(=O)(=O)c1cc(F)cc(F)c1)CC2)c1ccccc1NC(=O)C1CCNCC1. The van der Waals surface area contributed by atoms with Crippen LogP contribution in [0.5, 0.6) is 0 Å². The van der Waals surface area contributed by atoms with E-state index < -0.39 is 32.5 Å². The van der Waals surface area contributed by atoms with Gasteiger partial charge in [-0.15, -0.1) is 0 Å². The second-order valence-electron chi connectivity index (χ2n) is 9.24. The Balaban J connectivity index is 1.34. The summed E-state index contributed by atoms with van der Waals surface area (Å²) in [7, 11) is -4.21. The molecule has 13 heteroatoms. The van der Waals surface area contributed by atoms with Gasteiger partial charge in [-0.1, -0.05) is 12.1 Å². The minimum Gasteiger partial charge on any atom is -0.325 e. The molecule has 0 spiro atoms. The van der Waals surface area contributed by atoms with Crippen molar-refractivity contribution in [2.45, 2.75) is 30.7 Å². The molecule has 0 radical (unpaired) electrons. The molecule has 0 aliphatic carbocycles. The maximum Gasteiger partial charge on any atom is 0.258 e. The fraction of sp³-hybridized carbons (Fsp3) is 0.320. The van der Waals surface area contributed by atoms with E-state index in [0.717, 1.165) is 29.5 Å². The number of nitrogens with zero attached hydrogens (tertiary/aromatic N) is 2. The summed E-state index contributed by atoms with van der Waals surface area (Å²) < 4.78 is 54.6. The predicted molar refractivity (Wildman–Crippen MR) is 135 cm³/mol. The van der Waals surface area contributed by atoms with Gasteiger partial charge in [0.05, 0.1) is 16.1 Å². The molecule has 2 aromatic carbocycles. The van der Waals surface area contributed by atoms with Crippen molar-refractivity contribution in [3.05, 3.63) is 70.9 Å². The second kappa shape index (κ2) is 10.6. The van der Waals surface area contributed by atoms with Gasteiger partial charge in [0.1, 0.15) is 11.6 Å². The maximum atomic E-state index is 13.7. The highest BCUT2D eigenvalue weighted by molar-refractivity contribution is 7.89. The summed E-state index contributed by atoms with van der Waals surface area (Å²) in [5.74, 6) is -2.70. The number of amides is 2. The lowest BCUT2D eigenvalue weighted by Gasteiger charge is -2.26. The lowest BCUT2D eigenvalue weighted by Crippen LogP contribution is -2.36. The van der Waals surface area contributed by atoms with E-state index >= 15 is 0 Å². The van der Waals surface area contributed by atoms with E-state index in [0.29, 0.717) is 35.9 Å². The minimum absolute atomic E-state index is 0.0641. The van der Waals surface area contributed by atoms with E-state index in [2.05, 4.69) is 26.1 Å². The molecule has 3 heterocycles. The number of carbonyl (C=O) groups excluding carboxylic acids is 2. The Morgan fingerprint density at radius 2 is 1.74 bits per heavy atom. The third-order valence-electron chi connectivity index (χ3n) is 6.74. The number of rotatable bonds is 6. The molecule has 1 aromatic heterocycles. The minimum atomic E-state index is -4.21. The smallest absolute Gasteiger partial charge is 0.258 e. The number of halogens is 2. The number of nitrogens with one attached hydrogen (secondary N) is 4. The Morgan fingerprint density at radius 3 is 2.47 bits per heavy atom. The van der Waals surface area contributed by atoms with Crippen molar-refractivity contribution >= 4 is 33.3 Å². The summed E-state index contributed by atoms with van der Waals surface area (Å²) in [6, 6.07) is 8.72. The van der Waals surface area contributed by atoms with Gasteiger partial charge < -0.3 is 16.0 Å². The van der Waals surface area contributed by atoms with Crippen LogP contribution in [0.4, 0.5) is 20.3 Å². The largest absolute Gasteiger partial charge is 0.325 e. The van der Waals surface area contributed by atoms with Crippen molar-refractivity contribution in [1.29, 1.82) is 0 Å². The number of benzene rings is 2. The van der Waals surface area contributed by atoms with Crippen LogP contribution in [-0.4, -0.2) is 54.4 Å². The number of hydrogen-bond donors (Lipinski definition) is 4. The van der Waals surface area contributed by atoms with Crippen LogP contribution in [0, 0.1) is 17.6 Å². The number of carbonyl (C=O) groups is 2. The third-order valence-corrected chi connectivity index (χ3v) is 8.57. The van der Waals surface area contributed by atoms with E-state index in [1.807, 2.05) is 0 Å². The molecule has 0 unspecified atom stereocenters. The molecule has 0 bridgehead atoms. The highest BCUT2D eigenvalue weighted by atomic mass is 32.2. The number of sulfonamides is 1. The van der Waals surface area contributed by atoms with Crippen LogP contribution in [0.2, 0.25) is 0 Å². The summed E-state index contributed by atoms with van der Waals surface area (Å²) in [6.07, 6.45) is 1.68. The topological polar surface area (TPSA) is 136 Å². The zero-order valence-corrected chi connectivity index (χ0v) is 21.1. The normalized spacial score (nSPS) is 16.6. The number of aromatic nitrogens is 2. The quantitative estimate of drug-likeness (QED) is 0.377.